The highest BCUT2D eigenvalue weighted by atomic mass is 16.5. The van der Waals surface area contributed by atoms with Crippen molar-refractivity contribution in [3.8, 4) is 0 Å². The molecule has 0 spiro atoms. The van der Waals surface area contributed by atoms with Crippen molar-refractivity contribution in [2.24, 2.45) is 0 Å². The van der Waals surface area contributed by atoms with E-state index in [4.69, 9.17) is 9.15 Å². The fourth-order valence-corrected chi connectivity index (χ4v) is 3.97. The van der Waals surface area contributed by atoms with Gasteiger partial charge >= 0.3 is 0 Å². The molecule has 30 heavy (non-hydrogen) atoms. The number of carbonyl (C=O) groups excluding carboxylic acids is 2. The van der Waals surface area contributed by atoms with Crippen LogP contribution in [0.15, 0.2) is 53.1 Å². The van der Waals surface area contributed by atoms with E-state index >= 15 is 0 Å². The molecule has 2 aromatic rings. The first-order valence-corrected chi connectivity index (χ1v) is 10.9. The summed E-state index contributed by atoms with van der Waals surface area (Å²) in [6.07, 6.45) is 6.76. The maximum Gasteiger partial charge on any atom is 0.242 e. The summed E-state index contributed by atoms with van der Waals surface area (Å²) in [5, 5.41) is 0. The monoisotopic (exact) mass is 410 g/mol. The van der Waals surface area contributed by atoms with Crippen molar-refractivity contribution in [1.29, 1.82) is 0 Å². The summed E-state index contributed by atoms with van der Waals surface area (Å²) >= 11 is 0. The average Bonchev–Trinajstić information content (AvgIpc) is 3.22. The Morgan fingerprint density at radius 3 is 2.50 bits per heavy atom. The van der Waals surface area contributed by atoms with Crippen LogP contribution in [-0.4, -0.2) is 53.5 Å². The third kappa shape index (κ3) is 5.72. The number of hydrogen-bond acceptors (Lipinski definition) is 4. The minimum absolute atomic E-state index is 0.0399. The molecule has 6 nitrogen and oxygen atoms in total. The summed E-state index contributed by atoms with van der Waals surface area (Å²) < 4.78 is 11.2. The summed E-state index contributed by atoms with van der Waals surface area (Å²) in [5.74, 6) is 0.765. The lowest BCUT2D eigenvalue weighted by molar-refractivity contribution is -0.142. The minimum atomic E-state index is -0.0399. The van der Waals surface area contributed by atoms with Crippen molar-refractivity contribution in [3.63, 3.8) is 0 Å². The number of furan rings is 1. The lowest BCUT2D eigenvalue weighted by Gasteiger charge is -2.29. The van der Waals surface area contributed by atoms with Crippen molar-refractivity contribution >= 4 is 11.8 Å². The van der Waals surface area contributed by atoms with Gasteiger partial charge in [-0.25, -0.2) is 0 Å². The first-order valence-electron chi connectivity index (χ1n) is 10.9. The molecule has 1 atom stereocenters. The van der Waals surface area contributed by atoms with Crippen molar-refractivity contribution in [1.82, 2.24) is 9.80 Å². The van der Waals surface area contributed by atoms with E-state index in [1.807, 2.05) is 42.5 Å². The summed E-state index contributed by atoms with van der Waals surface area (Å²) in [7, 11) is 0. The van der Waals surface area contributed by atoms with Crippen LogP contribution < -0.4 is 0 Å². The lowest BCUT2D eigenvalue weighted by Crippen LogP contribution is -2.45. The molecular formula is C24H30N2O4. The van der Waals surface area contributed by atoms with Crippen molar-refractivity contribution in [2.45, 2.75) is 57.2 Å². The van der Waals surface area contributed by atoms with Crippen LogP contribution in [0.1, 0.15) is 43.4 Å². The second kappa shape index (κ2) is 9.94. The minimum Gasteiger partial charge on any atom is -0.467 e. The number of benzene rings is 1. The van der Waals surface area contributed by atoms with Gasteiger partial charge in [-0.05, 0) is 49.8 Å². The van der Waals surface area contributed by atoms with E-state index < -0.39 is 0 Å². The Labute approximate surface area is 177 Å². The molecular weight excluding hydrogens is 380 g/mol. The Hall–Kier alpha value is -2.60. The van der Waals surface area contributed by atoms with Gasteiger partial charge in [0.2, 0.25) is 11.8 Å². The third-order valence-corrected chi connectivity index (χ3v) is 5.81. The topological polar surface area (TPSA) is 63.0 Å². The number of hydrogen-bond donors (Lipinski definition) is 0. The Morgan fingerprint density at radius 2 is 1.83 bits per heavy atom. The number of aryl methyl sites for hydroxylation is 1. The maximum atomic E-state index is 13.2. The normalized spacial score (nSPS) is 18.3. The average molecular weight is 411 g/mol. The summed E-state index contributed by atoms with van der Waals surface area (Å²) in [6, 6.07) is 13.9. The highest BCUT2D eigenvalue weighted by molar-refractivity contribution is 5.85. The first kappa shape index (κ1) is 20.7. The molecule has 0 N–H and O–H groups in total. The fourth-order valence-electron chi connectivity index (χ4n) is 3.97. The van der Waals surface area contributed by atoms with Gasteiger partial charge in [-0.2, -0.15) is 0 Å². The van der Waals surface area contributed by atoms with Crippen molar-refractivity contribution in [3.05, 3.63) is 60.1 Å². The Balaban J connectivity index is 1.38. The second-order valence-electron chi connectivity index (χ2n) is 8.23. The van der Waals surface area contributed by atoms with E-state index in [1.165, 1.54) is 0 Å². The highest BCUT2D eigenvalue weighted by Crippen LogP contribution is 2.28. The molecule has 0 bridgehead atoms. The first-order chi connectivity index (χ1) is 14.7. The van der Waals surface area contributed by atoms with Gasteiger partial charge in [-0.1, -0.05) is 30.3 Å². The molecule has 1 saturated carbocycles. The van der Waals surface area contributed by atoms with Crippen LogP contribution in [0.4, 0.5) is 0 Å². The largest absolute Gasteiger partial charge is 0.467 e. The van der Waals surface area contributed by atoms with E-state index in [1.54, 1.807) is 16.1 Å². The van der Waals surface area contributed by atoms with E-state index in [2.05, 4.69) is 0 Å². The van der Waals surface area contributed by atoms with Crippen molar-refractivity contribution in [2.75, 3.05) is 19.7 Å². The number of amides is 2. The molecule has 160 valence electrons. The summed E-state index contributed by atoms with van der Waals surface area (Å²) in [6.45, 7) is 1.82. The van der Waals surface area contributed by atoms with Crippen LogP contribution in [0, 0.1) is 0 Å². The molecule has 2 heterocycles. The Bertz CT molecular complexity index is 811. The number of carbonyl (C=O) groups is 2. The van der Waals surface area contributed by atoms with Crippen LogP contribution >= 0.6 is 0 Å². The number of ether oxygens (including phenoxy) is 1. The van der Waals surface area contributed by atoms with Crippen LogP contribution in [0.3, 0.4) is 0 Å². The zero-order valence-corrected chi connectivity index (χ0v) is 17.4. The van der Waals surface area contributed by atoms with E-state index in [9.17, 15) is 9.59 Å². The molecule has 1 aromatic heterocycles. The highest BCUT2D eigenvalue weighted by Gasteiger charge is 2.35. The SMILES string of the molecule is O=C(CN(C(=O)CCc1ccccc1)C1CC1)N(Cc1ccco1)CC1CCCO1. The fraction of sp³-hybridized carbons (Fsp3) is 0.500. The zero-order chi connectivity index (χ0) is 20.8. The van der Waals surface area contributed by atoms with Crippen LogP contribution in [-0.2, 0) is 27.3 Å². The molecule has 2 amide bonds. The van der Waals surface area contributed by atoms with Gasteiger partial charge in [0.15, 0.2) is 0 Å². The molecule has 6 heteroatoms. The molecule has 0 radical (unpaired) electrons. The molecule has 2 fully saturated rings. The molecule has 1 aromatic carbocycles. The molecule has 1 unspecified atom stereocenters. The van der Waals surface area contributed by atoms with Crippen LogP contribution in [0.2, 0.25) is 0 Å². The van der Waals surface area contributed by atoms with E-state index in [0.717, 1.165) is 43.6 Å². The molecule has 1 aliphatic carbocycles. The quantitative estimate of drug-likeness (QED) is 0.602. The third-order valence-electron chi connectivity index (χ3n) is 5.81. The number of nitrogens with zero attached hydrogens (tertiary/aromatic N) is 2. The number of rotatable bonds is 10. The van der Waals surface area contributed by atoms with Gasteiger partial charge < -0.3 is 19.0 Å². The predicted molar refractivity (Wildman–Crippen MR) is 113 cm³/mol. The van der Waals surface area contributed by atoms with Crippen LogP contribution in [0.5, 0.6) is 0 Å². The molecule has 2 aliphatic rings. The Morgan fingerprint density at radius 1 is 1.00 bits per heavy atom. The maximum absolute atomic E-state index is 13.2. The molecule has 4 rings (SSSR count). The zero-order valence-electron chi connectivity index (χ0n) is 17.4. The van der Waals surface area contributed by atoms with Gasteiger partial charge in [-0.15, -0.1) is 0 Å². The smallest absolute Gasteiger partial charge is 0.242 e. The predicted octanol–water partition coefficient (Wildman–Crippen LogP) is 3.41. The van der Waals surface area contributed by atoms with Gasteiger partial charge in [0.05, 0.1) is 18.9 Å². The van der Waals surface area contributed by atoms with Gasteiger partial charge in [0.25, 0.3) is 0 Å². The second-order valence-corrected chi connectivity index (χ2v) is 8.23. The lowest BCUT2D eigenvalue weighted by atomic mass is 10.1. The van der Waals surface area contributed by atoms with E-state index in [-0.39, 0.29) is 30.5 Å². The summed E-state index contributed by atoms with van der Waals surface area (Å²) in [5.41, 5.74) is 1.14. The van der Waals surface area contributed by atoms with Crippen molar-refractivity contribution < 1.29 is 18.7 Å². The summed E-state index contributed by atoms with van der Waals surface area (Å²) in [4.78, 5) is 29.7. The Kier molecular flexibility index (Phi) is 6.84. The molecule has 1 aliphatic heterocycles. The van der Waals surface area contributed by atoms with Crippen LogP contribution in [0.25, 0.3) is 0 Å². The molecule has 1 saturated heterocycles. The standard InChI is InChI=1S/C24H30N2O4/c27-23(13-10-19-6-2-1-3-7-19)26(20-11-12-20)18-24(28)25(16-21-8-4-14-29-21)17-22-9-5-15-30-22/h1-4,6-8,14,20,22H,5,9-13,15-18H2. The van der Waals surface area contributed by atoms with Gasteiger partial charge in [0.1, 0.15) is 12.3 Å². The van der Waals surface area contributed by atoms with Gasteiger partial charge in [-0.3, -0.25) is 9.59 Å². The van der Waals surface area contributed by atoms with Gasteiger partial charge in [0, 0.05) is 25.6 Å². The van der Waals surface area contributed by atoms with E-state index in [0.29, 0.717) is 25.9 Å².